The van der Waals surface area contributed by atoms with E-state index in [4.69, 9.17) is 0 Å². The highest BCUT2D eigenvalue weighted by atomic mass is 32.2. The van der Waals surface area contributed by atoms with Gasteiger partial charge in [-0.3, -0.25) is 4.79 Å². The number of carbonyl (C=O) groups is 1. The minimum atomic E-state index is -0.0227. The van der Waals surface area contributed by atoms with Crippen molar-refractivity contribution in [3.63, 3.8) is 0 Å². The van der Waals surface area contributed by atoms with Crippen molar-refractivity contribution in [2.45, 2.75) is 44.2 Å². The molecule has 0 fully saturated rings. The van der Waals surface area contributed by atoms with Gasteiger partial charge >= 0.3 is 0 Å². The molecule has 1 aromatic heterocycles. The van der Waals surface area contributed by atoms with Crippen molar-refractivity contribution >= 4 is 34.7 Å². The largest absolute Gasteiger partial charge is 0.325 e. The number of thioether (sulfide) groups is 1. The SMILES string of the molecule is Cc1ccc(CSc2nc(CC(=O)Nc3c(C)cc(C)cc3C)cs2)cc1. The number of hydrogen-bond donors (Lipinski definition) is 1. The molecule has 27 heavy (non-hydrogen) atoms. The number of thiazole rings is 1. The number of carbonyl (C=O) groups excluding carboxylic acids is 1. The van der Waals surface area contributed by atoms with Crippen LogP contribution in [0.5, 0.6) is 0 Å². The molecule has 3 rings (SSSR count). The Bertz CT molecular complexity index is 922. The lowest BCUT2D eigenvalue weighted by atomic mass is 10.0. The molecule has 0 aliphatic carbocycles. The highest BCUT2D eigenvalue weighted by molar-refractivity contribution is 8.00. The van der Waals surface area contributed by atoms with E-state index in [0.717, 1.165) is 32.6 Å². The molecule has 1 amide bonds. The third-order valence-corrected chi connectivity index (χ3v) is 6.44. The first-order valence-corrected chi connectivity index (χ1v) is 10.8. The summed E-state index contributed by atoms with van der Waals surface area (Å²) in [4.78, 5) is 17.0. The lowest BCUT2D eigenvalue weighted by Gasteiger charge is -2.12. The van der Waals surface area contributed by atoms with Crippen molar-refractivity contribution in [3.8, 4) is 0 Å². The molecule has 0 bridgehead atoms. The maximum atomic E-state index is 12.4. The third kappa shape index (κ3) is 5.44. The second-order valence-corrected chi connectivity index (χ2v) is 8.96. The molecule has 1 heterocycles. The first-order chi connectivity index (χ1) is 12.9. The van der Waals surface area contributed by atoms with Crippen molar-refractivity contribution in [2.24, 2.45) is 0 Å². The highest BCUT2D eigenvalue weighted by Crippen LogP contribution is 2.27. The van der Waals surface area contributed by atoms with Gasteiger partial charge in [0.15, 0.2) is 0 Å². The van der Waals surface area contributed by atoms with Crippen LogP contribution in [0.3, 0.4) is 0 Å². The number of anilines is 1. The predicted octanol–water partition coefficient (Wildman–Crippen LogP) is 5.85. The standard InChI is InChI=1S/C22H24N2OS2/c1-14-5-7-18(8-6-14)12-26-22-23-19(13-27-22)11-20(25)24-21-16(3)9-15(2)10-17(21)4/h5-10,13H,11-12H2,1-4H3,(H,24,25). The molecule has 140 valence electrons. The quantitative estimate of drug-likeness (QED) is 0.531. The van der Waals surface area contributed by atoms with E-state index in [-0.39, 0.29) is 5.91 Å². The predicted molar refractivity (Wildman–Crippen MR) is 116 cm³/mol. The molecular formula is C22H24N2OS2. The minimum Gasteiger partial charge on any atom is -0.325 e. The molecule has 0 aliphatic heterocycles. The number of amides is 1. The summed E-state index contributed by atoms with van der Waals surface area (Å²) in [5.41, 5.74) is 7.68. The smallest absolute Gasteiger partial charge is 0.230 e. The molecule has 2 aromatic carbocycles. The average Bonchev–Trinajstić information content (AvgIpc) is 3.05. The first kappa shape index (κ1) is 19.6. The highest BCUT2D eigenvalue weighted by Gasteiger charge is 2.11. The maximum absolute atomic E-state index is 12.4. The van der Waals surface area contributed by atoms with Gasteiger partial charge in [0.2, 0.25) is 5.91 Å². The van der Waals surface area contributed by atoms with Crippen molar-refractivity contribution in [3.05, 3.63) is 75.3 Å². The molecule has 1 N–H and O–H groups in total. The zero-order valence-corrected chi connectivity index (χ0v) is 17.8. The van der Waals surface area contributed by atoms with Crippen LogP contribution in [0.15, 0.2) is 46.1 Å². The summed E-state index contributed by atoms with van der Waals surface area (Å²) in [6.45, 7) is 8.21. The molecule has 0 saturated carbocycles. The lowest BCUT2D eigenvalue weighted by molar-refractivity contribution is -0.115. The number of nitrogens with zero attached hydrogens (tertiary/aromatic N) is 1. The molecule has 0 atom stereocenters. The van der Waals surface area contributed by atoms with Crippen LogP contribution in [0.2, 0.25) is 0 Å². The maximum Gasteiger partial charge on any atom is 0.230 e. The number of aromatic nitrogens is 1. The van der Waals surface area contributed by atoms with Gasteiger partial charge in [-0.25, -0.2) is 4.98 Å². The topological polar surface area (TPSA) is 42.0 Å². The van der Waals surface area contributed by atoms with Gasteiger partial charge in [0.25, 0.3) is 0 Å². The number of nitrogens with one attached hydrogen (secondary N) is 1. The molecule has 0 aliphatic rings. The van der Waals surface area contributed by atoms with E-state index in [9.17, 15) is 4.79 Å². The molecule has 0 saturated heterocycles. The Morgan fingerprint density at radius 3 is 2.37 bits per heavy atom. The van der Waals surface area contributed by atoms with Gasteiger partial charge in [-0.15, -0.1) is 11.3 Å². The van der Waals surface area contributed by atoms with Crippen LogP contribution in [-0.4, -0.2) is 10.9 Å². The van der Waals surface area contributed by atoms with Crippen molar-refractivity contribution in [2.75, 3.05) is 5.32 Å². The molecular weight excluding hydrogens is 372 g/mol. The first-order valence-electron chi connectivity index (χ1n) is 8.91. The van der Waals surface area contributed by atoms with Crippen LogP contribution in [0.25, 0.3) is 0 Å². The van der Waals surface area contributed by atoms with Gasteiger partial charge < -0.3 is 5.32 Å². The van der Waals surface area contributed by atoms with E-state index in [1.54, 1.807) is 23.1 Å². The molecule has 5 heteroatoms. The minimum absolute atomic E-state index is 0.0227. The summed E-state index contributed by atoms with van der Waals surface area (Å²) in [7, 11) is 0. The van der Waals surface area contributed by atoms with Gasteiger partial charge in [0.05, 0.1) is 12.1 Å². The second kappa shape index (κ2) is 8.72. The zero-order valence-electron chi connectivity index (χ0n) is 16.1. The Hall–Kier alpha value is -2.11. The molecule has 3 nitrogen and oxygen atoms in total. The number of benzene rings is 2. The van der Waals surface area contributed by atoms with E-state index >= 15 is 0 Å². The Kier molecular flexibility index (Phi) is 6.34. The molecule has 0 radical (unpaired) electrons. The summed E-state index contributed by atoms with van der Waals surface area (Å²) < 4.78 is 1.00. The van der Waals surface area contributed by atoms with Gasteiger partial charge in [0, 0.05) is 16.8 Å². The van der Waals surface area contributed by atoms with E-state index in [1.165, 1.54) is 16.7 Å². The van der Waals surface area contributed by atoms with E-state index in [1.807, 2.05) is 19.2 Å². The molecule has 0 spiro atoms. The Morgan fingerprint density at radius 2 is 1.70 bits per heavy atom. The van der Waals surface area contributed by atoms with E-state index in [2.05, 4.69) is 60.5 Å². The van der Waals surface area contributed by atoms with Crippen LogP contribution < -0.4 is 5.32 Å². The monoisotopic (exact) mass is 396 g/mol. The van der Waals surface area contributed by atoms with Gasteiger partial charge in [-0.2, -0.15) is 0 Å². The Morgan fingerprint density at radius 1 is 1.04 bits per heavy atom. The fourth-order valence-electron chi connectivity index (χ4n) is 2.99. The van der Waals surface area contributed by atoms with Crippen molar-refractivity contribution in [1.82, 2.24) is 4.98 Å². The summed E-state index contributed by atoms with van der Waals surface area (Å²) >= 11 is 3.31. The second-order valence-electron chi connectivity index (χ2n) is 6.88. The molecule has 0 unspecified atom stereocenters. The fraction of sp³-hybridized carbons (Fsp3) is 0.273. The summed E-state index contributed by atoms with van der Waals surface area (Å²) in [6.07, 6.45) is 0.300. The van der Waals surface area contributed by atoms with Crippen LogP contribution in [-0.2, 0) is 17.0 Å². The van der Waals surface area contributed by atoms with E-state index in [0.29, 0.717) is 6.42 Å². The summed E-state index contributed by atoms with van der Waals surface area (Å²) in [5, 5.41) is 5.02. The Balaban J connectivity index is 1.57. The van der Waals surface area contributed by atoms with Crippen molar-refractivity contribution < 1.29 is 4.79 Å². The average molecular weight is 397 g/mol. The number of hydrogen-bond acceptors (Lipinski definition) is 4. The van der Waals surface area contributed by atoms with Gasteiger partial charge in [0.1, 0.15) is 4.34 Å². The van der Waals surface area contributed by atoms with Gasteiger partial charge in [-0.1, -0.05) is 59.3 Å². The van der Waals surface area contributed by atoms with Crippen LogP contribution in [0, 0.1) is 27.7 Å². The fourth-order valence-corrected chi connectivity index (χ4v) is 4.79. The zero-order chi connectivity index (χ0) is 19.4. The number of aryl methyl sites for hydroxylation is 4. The normalized spacial score (nSPS) is 10.8. The van der Waals surface area contributed by atoms with Gasteiger partial charge in [-0.05, 0) is 44.4 Å². The van der Waals surface area contributed by atoms with Crippen LogP contribution in [0.4, 0.5) is 5.69 Å². The lowest BCUT2D eigenvalue weighted by Crippen LogP contribution is -2.16. The molecule has 3 aromatic rings. The number of rotatable bonds is 6. The Labute approximate surface area is 169 Å². The van der Waals surface area contributed by atoms with Crippen LogP contribution in [0.1, 0.15) is 33.5 Å². The van der Waals surface area contributed by atoms with Crippen LogP contribution >= 0.6 is 23.1 Å². The summed E-state index contributed by atoms with van der Waals surface area (Å²) in [5.74, 6) is 0.867. The summed E-state index contributed by atoms with van der Waals surface area (Å²) in [6, 6.07) is 12.7. The van der Waals surface area contributed by atoms with E-state index < -0.39 is 0 Å². The third-order valence-electron chi connectivity index (χ3n) is 4.30. The van der Waals surface area contributed by atoms with Crippen molar-refractivity contribution in [1.29, 1.82) is 0 Å².